The zero-order valence-corrected chi connectivity index (χ0v) is 10.6. The van der Waals surface area contributed by atoms with E-state index in [4.69, 9.17) is 0 Å². The van der Waals surface area contributed by atoms with Crippen molar-refractivity contribution in [2.45, 2.75) is 19.3 Å². The number of amides is 2. The van der Waals surface area contributed by atoms with Gasteiger partial charge in [0.15, 0.2) is 0 Å². The molecule has 0 fully saturated rings. The first-order valence-electron chi connectivity index (χ1n) is 4.82. The molecule has 0 radical (unpaired) electrons. The number of urea groups is 1. The molecule has 16 heavy (non-hydrogen) atoms. The third-order valence-corrected chi connectivity index (χ3v) is 3.56. The highest BCUT2D eigenvalue weighted by molar-refractivity contribution is 7.15. The number of hydrogen-bond donors (Lipinski definition) is 2. The van der Waals surface area contributed by atoms with Crippen LogP contribution >= 0.6 is 11.3 Å². The monoisotopic (exact) mass is 244 g/mol. The number of nitrogens with one attached hydrogen (secondary N) is 1. The van der Waals surface area contributed by atoms with Crippen LogP contribution in [-0.2, 0) is 5.41 Å². The predicted molar refractivity (Wildman–Crippen MR) is 62.9 cm³/mol. The van der Waals surface area contributed by atoms with Crippen molar-refractivity contribution >= 4 is 22.5 Å². The van der Waals surface area contributed by atoms with E-state index in [1.807, 2.05) is 13.8 Å². The summed E-state index contributed by atoms with van der Waals surface area (Å²) in [6, 6.07) is -0.246. The molecule has 1 heterocycles. The molecule has 0 bridgehead atoms. The van der Waals surface area contributed by atoms with Crippen LogP contribution in [0.2, 0.25) is 0 Å². The summed E-state index contributed by atoms with van der Waals surface area (Å²) in [6.07, 6.45) is 0. The van der Waals surface area contributed by atoms with Gasteiger partial charge in [0.2, 0.25) is 5.13 Å². The minimum absolute atomic E-state index is 0.00861. The van der Waals surface area contributed by atoms with Gasteiger partial charge in [0.25, 0.3) is 0 Å². The van der Waals surface area contributed by atoms with Crippen molar-refractivity contribution in [3.05, 3.63) is 5.01 Å². The minimum atomic E-state index is -0.431. The van der Waals surface area contributed by atoms with Crippen LogP contribution in [0.4, 0.5) is 9.93 Å². The summed E-state index contributed by atoms with van der Waals surface area (Å²) in [7, 11) is 3.17. The lowest BCUT2D eigenvalue weighted by atomic mass is 9.96. The molecular formula is C9H16N4O2S. The molecule has 0 saturated heterocycles. The molecule has 1 rings (SSSR count). The van der Waals surface area contributed by atoms with Gasteiger partial charge >= 0.3 is 6.03 Å². The van der Waals surface area contributed by atoms with Gasteiger partial charge in [0.05, 0.1) is 6.61 Å². The lowest BCUT2D eigenvalue weighted by Gasteiger charge is -2.17. The van der Waals surface area contributed by atoms with Crippen molar-refractivity contribution in [1.82, 2.24) is 15.5 Å². The summed E-state index contributed by atoms with van der Waals surface area (Å²) in [5, 5.41) is 20.8. The van der Waals surface area contributed by atoms with Crippen LogP contribution in [0.5, 0.6) is 0 Å². The number of anilines is 1. The van der Waals surface area contributed by atoms with Crippen LogP contribution in [0.1, 0.15) is 18.9 Å². The zero-order valence-electron chi connectivity index (χ0n) is 9.81. The van der Waals surface area contributed by atoms with Crippen LogP contribution in [0.25, 0.3) is 0 Å². The smallest absolute Gasteiger partial charge is 0.323 e. The van der Waals surface area contributed by atoms with Crippen LogP contribution in [-0.4, -0.2) is 42.0 Å². The first kappa shape index (κ1) is 12.9. The molecule has 0 aliphatic carbocycles. The maximum atomic E-state index is 11.3. The Morgan fingerprint density at radius 1 is 1.56 bits per heavy atom. The Morgan fingerprint density at radius 3 is 2.69 bits per heavy atom. The molecule has 0 aromatic carbocycles. The van der Waals surface area contributed by atoms with E-state index < -0.39 is 5.41 Å². The fourth-order valence-electron chi connectivity index (χ4n) is 0.947. The van der Waals surface area contributed by atoms with Gasteiger partial charge in [-0.3, -0.25) is 4.90 Å². The molecule has 1 aromatic rings. The van der Waals surface area contributed by atoms with Gasteiger partial charge in [-0.05, 0) is 0 Å². The molecular weight excluding hydrogens is 228 g/mol. The maximum Gasteiger partial charge on any atom is 0.323 e. The summed E-state index contributed by atoms with van der Waals surface area (Å²) < 4.78 is 0. The SMILES string of the molecule is CNC(=O)N(C)c1nnc(C(C)(C)CO)s1. The third-order valence-electron chi connectivity index (χ3n) is 2.19. The first-order chi connectivity index (χ1) is 7.42. The Labute approximate surface area is 98.3 Å². The standard InChI is InChI=1S/C9H16N4O2S/c1-9(2,5-14)6-11-12-8(16-6)13(4)7(15)10-3/h14H,5H2,1-4H3,(H,10,15). The summed E-state index contributed by atoms with van der Waals surface area (Å²) in [5.74, 6) is 0. The van der Waals surface area contributed by atoms with Crippen LogP contribution < -0.4 is 10.2 Å². The van der Waals surface area contributed by atoms with E-state index in [2.05, 4.69) is 15.5 Å². The summed E-state index contributed by atoms with van der Waals surface area (Å²) in [4.78, 5) is 12.7. The van der Waals surface area contributed by atoms with Crippen LogP contribution in [0.15, 0.2) is 0 Å². The quantitative estimate of drug-likeness (QED) is 0.815. The number of carbonyl (C=O) groups is 1. The Kier molecular flexibility index (Phi) is 3.82. The van der Waals surface area contributed by atoms with E-state index in [9.17, 15) is 9.90 Å². The molecule has 2 amide bonds. The van der Waals surface area contributed by atoms with Crippen LogP contribution in [0, 0.1) is 0 Å². The van der Waals surface area contributed by atoms with E-state index in [-0.39, 0.29) is 12.6 Å². The summed E-state index contributed by atoms with van der Waals surface area (Å²) in [6.45, 7) is 3.74. The van der Waals surface area contributed by atoms with Crippen molar-refractivity contribution in [1.29, 1.82) is 0 Å². The van der Waals surface area contributed by atoms with Gasteiger partial charge in [-0.1, -0.05) is 25.2 Å². The Morgan fingerprint density at radius 2 is 2.19 bits per heavy atom. The van der Waals surface area contributed by atoms with Gasteiger partial charge in [-0.25, -0.2) is 4.79 Å². The second-order valence-corrected chi connectivity index (χ2v) is 5.00. The van der Waals surface area contributed by atoms with E-state index in [1.54, 1.807) is 14.1 Å². The number of nitrogens with zero attached hydrogens (tertiary/aromatic N) is 3. The lowest BCUT2D eigenvalue weighted by Crippen LogP contribution is -2.34. The Bertz CT molecular complexity index is 377. The number of aliphatic hydroxyl groups is 1. The molecule has 6 nitrogen and oxygen atoms in total. The first-order valence-corrected chi connectivity index (χ1v) is 5.64. The molecule has 0 saturated carbocycles. The zero-order chi connectivity index (χ0) is 12.3. The van der Waals surface area contributed by atoms with Crippen molar-refractivity contribution in [2.24, 2.45) is 0 Å². The van der Waals surface area contributed by atoms with Gasteiger partial charge in [0, 0.05) is 19.5 Å². The number of hydrogen-bond acceptors (Lipinski definition) is 5. The van der Waals surface area contributed by atoms with Gasteiger partial charge < -0.3 is 10.4 Å². The van der Waals surface area contributed by atoms with Crippen molar-refractivity contribution in [3.63, 3.8) is 0 Å². The van der Waals surface area contributed by atoms with Crippen molar-refractivity contribution in [2.75, 3.05) is 25.6 Å². The van der Waals surface area contributed by atoms with Crippen molar-refractivity contribution in [3.8, 4) is 0 Å². The topological polar surface area (TPSA) is 78.4 Å². The fourth-order valence-corrected chi connectivity index (χ4v) is 1.84. The number of aromatic nitrogens is 2. The molecule has 0 unspecified atom stereocenters. The highest BCUT2D eigenvalue weighted by Gasteiger charge is 2.26. The summed E-state index contributed by atoms with van der Waals surface area (Å²) in [5.41, 5.74) is -0.431. The molecule has 1 aromatic heterocycles. The summed E-state index contributed by atoms with van der Waals surface area (Å²) >= 11 is 1.30. The predicted octanol–water partition coefficient (Wildman–Crippen LogP) is 0.584. The second kappa shape index (κ2) is 4.75. The highest BCUT2D eigenvalue weighted by Crippen LogP contribution is 2.29. The van der Waals surface area contributed by atoms with Crippen LogP contribution in [0.3, 0.4) is 0 Å². The Hall–Kier alpha value is -1.21. The van der Waals surface area contributed by atoms with E-state index >= 15 is 0 Å². The average Bonchev–Trinajstić information content (AvgIpc) is 2.76. The number of rotatable bonds is 3. The fraction of sp³-hybridized carbons (Fsp3) is 0.667. The molecule has 0 atom stereocenters. The minimum Gasteiger partial charge on any atom is -0.395 e. The molecule has 0 spiro atoms. The van der Waals surface area contributed by atoms with Gasteiger partial charge in [-0.2, -0.15) is 0 Å². The molecule has 0 aliphatic rings. The highest BCUT2D eigenvalue weighted by atomic mass is 32.1. The largest absolute Gasteiger partial charge is 0.395 e. The third kappa shape index (κ3) is 2.48. The maximum absolute atomic E-state index is 11.3. The molecule has 90 valence electrons. The molecule has 2 N–H and O–H groups in total. The van der Waals surface area contributed by atoms with E-state index in [0.29, 0.717) is 10.1 Å². The molecule has 7 heteroatoms. The van der Waals surface area contributed by atoms with E-state index in [1.165, 1.54) is 16.2 Å². The van der Waals surface area contributed by atoms with Gasteiger partial charge in [-0.15, -0.1) is 10.2 Å². The Balaban J connectivity index is 2.91. The lowest BCUT2D eigenvalue weighted by molar-refractivity contribution is 0.217. The molecule has 0 aliphatic heterocycles. The van der Waals surface area contributed by atoms with Gasteiger partial charge in [0.1, 0.15) is 5.01 Å². The second-order valence-electron chi connectivity index (χ2n) is 4.05. The normalized spacial score (nSPS) is 11.3. The number of aliphatic hydroxyl groups excluding tert-OH is 1. The average molecular weight is 244 g/mol. The van der Waals surface area contributed by atoms with E-state index in [0.717, 1.165) is 0 Å². The number of carbonyl (C=O) groups excluding carboxylic acids is 1. The van der Waals surface area contributed by atoms with Crippen molar-refractivity contribution < 1.29 is 9.90 Å².